The van der Waals surface area contributed by atoms with Crippen molar-refractivity contribution in [3.63, 3.8) is 0 Å². The monoisotopic (exact) mass is 427 g/mol. The molecule has 3 aromatic carbocycles. The Balaban J connectivity index is 1.65. The van der Waals surface area contributed by atoms with Crippen LogP contribution in [0.4, 0.5) is 5.82 Å². The van der Waals surface area contributed by atoms with Crippen LogP contribution in [0.15, 0.2) is 76.5 Å². The molecule has 2 heterocycles. The average Bonchev–Trinajstić information content (AvgIpc) is 3.16. The summed E-state index contributed by atoms with van der Waals surface area (Å²) >= 11 is 1.46. The van der Waals surface area contributed by atoms with Crippen molar-refractivity contribution in [2.45, 2.75) is 40.7 Å². The number of fused-ring (bicyclic) bond motifs is 10. The standard InChI is InChI=1S/C25H21N3O2S/c29-20-10-5-7-17-22(20)31-21-11-4-2-8-18(21)25(30)13-12-15(14-25)26-23-16-6-1-3-9-19(16)27-24(17)28-23/h1-11,15,29-30H,12-14H2,(H,26,27,28). The van der Waals surface area contributed by atoms with Gasteiger partial charge in [-0.1, -0.05) is 48.2 Å². The van der Waals surface area contributed by atoms with Crippen LogP contribution in [0.25, 0.3) is 22.3 Å². The second-order valence-electron chi connectivity index (χ2n) is 8.28. The van der Waals surface area contributed by atoms with E-state index >= 15 is 0 Å². The number of nitrogens with one attached hydrogen (secondary N) is 1. The van der Waals surface area contributed by atoms with Crippen molar-refractivity contribution < 1.29 is 10.2 Å². The highest BCUT2D eigenvalue weighted by molar-refractivity contribution is 7.99. The first kappa shape index (κ1) is 18.7. The number of para-hydroxylation sites is 1. The molecule has 6 rings (SSSR count). The summed E-state index contributed by atoms with van der Waals surface area (Å²) in [5.74, 6) is 1.52. The molecule has 31 heavy (non-hydrogen) atoms. The van der Waals surface area contributed by atoms with Crippen LogP contribution in [0.1, 0.15) is 24.8 Å². The van der Waals surface area contributed by atoms with Crippen LogP contribution in [0, 0.1) is 0 Å². The molecule has 2 aliphatic rings. The smallest absolute Gasteiger partial charge is 0.163 e. The SMILES string of the molecule is Oc1cccc2c1Sc1ccccc1C1(O)CCC(C1)Nc1nc-2nc2ccccc12. The lowest BCUT2D eigenvalue weighted by Crippen LogP contribution is -2.26. The van der Waals surface area contributed by atoms with Gasteiger partial charge in [0.15, 0.2) is 5.82 Å². The highest BCUT2D eigenvalue weighted by Crippen LogP contribution is 2.48. The fourth-order valence-corrected chi connectivity index (χ4v) is 5.93. The molecule has 1 aromatic heterocycles. The van der Waals surface area contributed by atoms with Gasteiger partial charge in [0.25, 0.3) is 0 Å². The molecule has 1 fully saturated rings. The van der Waals surface area contributed by atoms with E-state index in [1.54, 1.807) is 6.07 Å². The van der Waals surface area contributed by atoms with E-state index in [9.17, 15) is 10.2 Å². The van der Waals surface area contributed by atoms with Crippen LogP contribution in [0.2, 0.25) is 0 Å². The third-order valence-corrected chi connectivity index (χ3v) is 7.48. The van der Waals surface area contributed by atoms with Gasteiger partial charge in [-0.15, -0.1) is 0 Å². The molecule has 2 atom stereocenters. The number of hydrogen-bond donors (Lipinski definition) is 3. The maximum atomic E-state index is 11.6. The molecule has 2 unspecified atom stereocenters. The van der Waals surface area contributed by atoms with Gasteiger partial charge in [0.1, 0.15) is 11.6 Å². The minimum Gasteiger partial charge on any atom is -0.507 e. The third-order valence-electron chi connectivity index (χ3n) is 6.27. The number of aliphatic hydroxyl groups is 1. The zero-order valence-corrected chi connectivity index (χ0v) is 17.6. The molecule has 0 radical (unpaired) electrons. The van der Waals surface area contributed by atoms with Gasteiger partial charge in [-0.25, -0.2) is 9.97 Å². The Morgan fingerprint density at radius 3 is 2.74 bits per heavy atom. The first-order chi connectivity index (χ1) is 15.1. The van der Waals surface area contributed by atoms with Crippen LogP contribution in [-0.4, -0.2) is 26.2 Å². The molecule has 6 heteroatoms. The first-order valence-electron chi connectivity index (χ1n) is 10.5. The summed E-state index contributed by atoms with van der Waals surface area (Å²) in [5.41, 5.74) is 1.61. The molecule has 1 saturated carbocycles. The third kappa shape index (κ3) is 3.06. The normalized spacial score (nSPS) is 22.0. The largest absolute Gasteiger partial charge is 0.507 e. The number of benzene rings is 3. The van der Waals surface area contributed by atoms with Crippen LogP contribution in [-0.2, 0) is 5.60 Å². The highest BCUT2D eigenvalue weighted by Gasteiger charge is 2.41. The predicted octanol–water partition coefficient (Wildman–Crippen LogP) is 5.32. The van der Waals surface area contributed by atoms with Gasteiger partial charge in [-0.3, -0.25) is 0 Å². The zero-order valence-electron chi connectivity index (χ0n) is 16.7. The summed E-state index contributed by atoms with van der Waals surface area (Å²) in [6.45, 7) is 0. The van der Waals surface area contributed by atoms with E-state index < -0.39 is 5.60 Å². The van der Waals surface area contributed by atoms with E-state index in [4.69, 9.17) is 9.97 Å². The molecule has 1 aliphatic carbocycles. The van der Waals surface area contributed by atoms with Gasteiger partial charge in [0.2, 0.25) is 0 Å². The van der Waals surface area contributed by atoms with Gasteiger partial charge in [0, 0.05) is 28.3 Å². The summed E-state index contributed by atoms with van der Waals surface area (Å²) in [6, 6.07) is 21.4. The molecule has 5 nitrogen and oxygen atoms in total. The topological polar surface area (TPSA) is 78.3 Å². The highest BCUT2D eigenvalue weighted by atomic mass is 32.2. The number of anilines is 1. The maximum absolute atomic E-state index is 11.6. The van der Waals surface area contributed by atoms with Crippen LogP contribution >= 0.6 is 11.8 Å². The lowest BCUT2D eigenvalue weighted by atomic mass is 9.92. The van der Waals surface area contributed by atoms with Crippen molar-refractivity contribution in [1.29, 1.82) is 0 Å². The average molecular weight is 428 g/mol. The van der Waals surface area contributed by atoms with E-state index in [0.29, 0.717) is 23.6 Å². The molecule has 3 N–H and O–H groups in total. The summed E-state index contributed by atoms with van der Waals surface area (Å²) in [6.07, 6.45) is 2.12. The minimum atomic E-state index is -0.920. The second kappa shape index (κ2) is 6.97. The summed E-state index contributed by atoms with van der Waals surface area (Å²) < 4.78 is 0. The molecule has 0 spiro atoms. The number of phenolic OH excluding ortho intramolecular Hbond substituents is 1. The maximum Gasteiger partial charge on any atom is 0.163 e. The molecule has 154 valence electrons. The van der Waals surface area contributed by atoms with Crippen molar-refractivity contribution in [1.82, 2.24) is 9.97 Å². The fourth-order valence-electron chi connectivity index (χ4n) is 4.75. The van der Waals surface area contributed by atoms with Crippen molar-refractivity contribution in [2.75, 3.05) is 5.32 Å². The fraction of sp³-hybridized carbons (Fsp3) is 0.200. The number of nitrogens with zero attached hydrogens (tertiary/aromatic N) is 2. The van der Waals surface area contributed by atoms with Gasteiger partial charge < -0.3 is 15.5 Å². The van der Waals surface area contributed by atoms with Gasteiger partial charge in [-0.2, -0.15) is 0 Å². The summed E-state index contributed by atoms with van der Waals surface area (Å²) in [4.78, 5) is 11.3. The Hall–Kier alpha value is -3.09. The van der Waals surface area contributed by atoms with E-state index in [1.165, 1.54) is 11.8 Å². The lowest BCUT2D eigenvalue weighted by molar-refractivity contribution is 0.0409. The Morgan fingerprint density at radius 2 is 1.81 bits per heavy atom. The number of hydrogen-bond acceptors (Lipinski definition) is 6. The van der Waals surface area contributed by atoms with Crippen molar-refractivity contribution in [2.24, 2.45) is 0 Å². The van der Waals surface area contributed by atoms with Crippen LogP contribution < -0.4 is 5.32 Å². The van der Waals surface area contributed by atoms with Crippen LogP contribution in [0.5, 0.6) is 5.75 Å². The minimum absolute atomic E-state index is 0.109. The van der Waals surface area contributed by atoms with E-state index in [1.807, 2.05) is 60.7 Å². The van der Waals surface area contributed by atoms with Gasteiger partial charge >= 0.3 is 0 Å². The van der Waals surface area contributed by atoms with E-state index in [0.717, 1.165) is 39.2 Å². The van der Waals surface area contributed by atoms with Crippen molar-refractivity contribution in [3.05, 3.63) is 72.3 Å². The predicted molar refractivity (Wildman–Crippen MR) is 122 cm³/mol. The number of aromatic nitrogens is 2. The molecule has 0 amide bonds. The first-order valence-corrected chi connectivity index (χ1v) is 11.3. The van der Waals surface area contributed by atoms with E-state index in [-0.39, 0.29) is 11.8 Å². The van der Waals surface area contributed by atoms with Crippen LogP contribution in [0.3, 0.4) is 0 Å². The molecule has 1 aliphatic heterocycles. The Labute approximate surface area is 184 Å². The molecule has 0 saturated heterocycles. The quantitative estimate of drug-likeness (QED) is 0.353. The number of phenols is 1. The van der Waals surface area contributed by atoms with Gasteiger partial charge in [0.05, 0.1) is 16.0 Å². The Bertz CT molecular complexity index is 1330. The Kier molecular flexibility index (Phi) is 4.20. The molecular weight excluding hydrogens is 406 g/mol. The Morgan fingerprint density at radius 1 is 0.968 bits per heavy atom. The number of rotatable bonds is 0. The summed E-state index contributed by atoms with van der Waals surface area (Å²) in [7, 11) is 0. The molecule has 4 aromatic rings. The summed E-state index contributed by atoms with van der Waals surface area (Å²) in [5, 5.41) is 26.9. The van der Waals surface area contributed by atoms with E-state index in [2.05, 4.69) is 5.32 Å². The lowest BCUT2D eigenvalue weighted by Gasteiger charge is -2.27. The van der Waals surface area contributed by atoms with Gasteiger partial charge in [-0.05, 0) is 48.7 Å². The van der Waals surface area contributed by atoms with Crippen molar-refractivity contribution >= 4 is 28.5 Å². The molecular formula is C25H21N3O2S. The molecule has 4 bridgehead atoms. The number of aromatic hydroxyl groups is 1. The van der Waals surface area contributed by atoms with Crippen molar-refractivity contribution in [3.8, 4) is 17.1 Å². The second-order valence-corrected chi connectivity index (χ2v) is 9.33. The zero-order chi connectivity index (χ0) is 21.0.